The normalized spacial score (nSPS) is 18.9. The van der Waals surface area contributed by atoms with Crippen molar-refractivity contribution in [1.82, 2.24) is 0 Å². The van der Waals surface area contributed by atoms with Gasteiger partial charge < -0.3 is 5.11 Å². The number of halogens is 3. The van der Waals surface area contributed by atoms with Crippen LogP contribution in [0.4, 0.5) is 23.7 Å². The summed E-state index contributed by atoms with van der Waals surface area (Å²) in [5.74, 6) is -0.222. The summed E-state index contributed by atoms with van der Waals surface area (Å²) >= 11 is 0. The van der Waals surface area contributed by atoms with Crippen molar-refractivity contribution in [3.05, 3.63) is 29.3 Å². The molecule has 1 aliphatic rings. The Morgan fingerprint density at radius 2 is 2.05 bits per heavy atom. The molecule has 0 aromatic heterocycles. The third kappa shape index (κ3) is 2.90. The first kappa shape index (κ1) is 16.6. The number of amides is 1. The lowest BCUT2D eigenvalue weighted by molar-refractivity contribution is -0.137. The van der Waals surface area contributed by atoms with Crippen molar-refractivity contribution in [3.8, 4) is 0 Å². The van der Waals surface area contributed by atoms with Crippen LogP contribution < -0.4 is 4.90 Å². The highest BCUT2D eigenvalue weighted by molar-refractivity contribution is 7.91. The van der Waals surface area contributed by atoms with Gasteiger partial charge in [-0.1, -0.05) is 6.92 Å². The Morgan fingerprint density at radius 3 is 2.55 bits per heavy atom. The zero-order valence-corrected chi connectivity index (χ0v) is 12.4. The molecule has 0 saturated carbocycles. The molecule has 1 aromatic rings. The van der Waals surface area contributed by atoms with Crippen LogP contribution in [0.1, 0.15) is 29.7 Å². The van der Waals surface area contributed by atoms with E-state index in [0.717, 1.165) is 23.1 Å². The van der Waals surface area contributed by atoms with Crippen LogP contribution in [0.5, 0.6) is 0 Å². The van der Waals surface area contributed by atoms with Gasteiger partial charge in [0.15, 0.2) is 9.84 Å². The number of carboxylic acid groups (broad SMARTS) is 1. The Labute approximate surface area is 125 Å². The summed E-state index contributed by atoms with van der Waals surface area (Å²) in [5, 5.41) is 7.99. The van der Waals surface area contributed by atoms with E-state index in [4.69, 9.17) is 5.11 Å². The fourth-order valence-electron chi connectivity index (χ4n) is 2.53. The minimum absolute atomic E-state index is 0.00576. The standard InChI is InChI=1S/C13H14F3NO4S/c1-2-22(20,21)11-5-6-17(12(18)19)10-4-3-8(7-9(10)11)13(14,15)16/h3-4,7,11H,2,5-6H2,1H3,(H,18,19)/t11-/m1/s1. The lowest BCUT2D eigenvalue weighted by atomic mass is 9.98. The predicted octanol–water partition coefficient (Wildman–Crippen LogP) is 3.07. The summed E-state index contributed by atoms with van der Waals surface area (Å²) in [6.07, 6.45) is -6.01. The molecule has 1 aliphatic heterocycles. The predicted molar refractivity (Wildman–Crippen MR) is 73.6 cm³/mol. The van der Waals surface area contributed by atoms with Crippen LogP contribution >= 0.6 is 0 Å². The van der Waals surface area contributed by atoms with Crippen LogP contribution in [-0.4, -0.2) is 31.9 Å². The molecule has 1 aromatic carbocycles. The van der Waals surface area contributed by atoms with E-state index < -0.39 is 32.9 Å². The average Bonchev–Trinajstić information content (AvgIpc) is 2.44. The van der Waals surface area contributed by atoms with Gasteiger partial charge in [-0.3, -0.25) is 4.90 Å². The van der Waals surface area contributed by atoms with Crippen LogP contribution in [0.25, 0.3) is 0 Å². The molecule has 0 spiro atoms. The first-order chi connectivity index (χ1) is 10.1. The second-order valence-electron chi connectivity index (χ2n) is 4.93. The summed E-state index contributed by atoms with van der Waals surface area (Å²) in [4.78, 5) is 12.1. The molecule has 2 rings (SSSR count). The Hall–Kier alpha value is -1.77. The molecule has 22 heavy (non-hydrogen) atoms. The number of alkyl halides is 3. The molecule has 1 atom stereocenters. The lowest BCUT2D eigenvalue weighted by Crippen LogP contribution is -2.37. The van der Waals surface area contributed by atoms with Crippen LogP contribution in [0.15, 0.2) is 18.2 Å². The summed E-state index contributed by atoms with van der Waals surface area (Å²) in [6.45, 7) is 1.34. The second kappa shape index (κ2) is 5.45. The SMILES string of the molecule is CCS(=O)(=O)[C@@H]1CCN(C(=O)O)c2ccc(C(F)(F)F)cc21. The largest absolute Gasteiger partial charge is 0.465 e. The minimum atomic E-state index is -4.62. The van der Waals surface area contributed by atoms with Crippen molar-refractivity contribution < 1.29 is 31.5 Å². The first-order valence-corrected chi connectivity index (χ1v) is 8.22. The smallest absolute Gasteiger partial charge is 0.416 e. The number of benzene rings is 1. The maximum Gasteiger partial charge on any atom is 0.416 e. The van der Waals surface area contributed by atoms with Crippen molar-refractivity contribution >= 4 is 21.6 Å². The third-order valence-electron chi connectivity index (χ3n) is 3.67. The lowest BCUT2D eigenvalue weighted by Gasteiger charge is -2.32. The van der Waals surface area contributed by atoms with Gasteiger partial charge in [-0.25, -0.2) is 13.2 Å². The molecule has 0 bridgehead atoms. The maximum atomic E-state index is 12.8. The van der Waals surface area contributed by atoms with Gasteiger partial charge in [-0.15, -0.1) is 0 Å². The van der Waals surface area contributed by atoms with Crippen molar-refractivity contribution in [1.29, 1.82) is 0 Å². The van der Waals surface area contributed by atoms with E-state index in [1.807, 2.05) is 0 Å². The number of hydrogen-bond acceptors (Lipinski definition) is 3. The minimum Gasteiger partial charge on any atom is -0.465 e. The molecule has 122 valence electrons. The van der Waals surface area contributed by atoms with E-state index in [0.29, 0.717) is 0 Å². The van der Waals surface area contributed by atoms with Gasteiger partial charge in [-0.2, -0.15) is 13.2 Å². The Bertz CT molecular complexity index is 700. The van der Waals surface area contributed by atoms with Gasteiger partial charge in [-0.05, 0) is 30.2 Å². The molecule has 5 nitrogen and oxygen atoms in total. The summed E-state index contributed by atoms with van der Waals surface area (Å²) < 4.78 is 62.7. The number of anilines is 1. The monoisotopic (exact) mass is 337 g/mol. The van der Waals surface area contributed by atoms with Crippen LogP contribution in [0.2, 0.25) is 0 Å². The van der Waals surface area contributed by atoms with Gasteiger partial charge in [0.25, 0.3) is 0 Å². The number of hydrogen-bond donors (Lipinski definition) is 1. The Balaban J connectivity index is 2.64. The zero-order valence-electron chi connectivity index (χ0n) is 11.6. The number of rotatable bonds is 2. The van der Waals surface area contributed by atoms with Crippen molar-refractivity contribution in [2.24, 2.45) is 0 Å². The number of nitrogens with zero attached hydrogens (tertiary/aromatic N) is 1. The van der Waals surface area contributed by atoms with Crippen molar-refractivity contribution in [3.63, 3.8) is 0 Å². The summed E-state index contributed by atoms with van der Waals surface area (Å²) in [7, 11) is -3.63. The quantitative estimate of drug-likeness (QED) is 0.900. The molecule has 1 N–H and O–H groups in total. The summed E-state index contributed by atoms with van der Waals surface area (Å²) in [6, 6.07) is 2.52. The van der Waals surface area contributed by atoms with Gasteiger partial charge in [0.05, 0.1) is 16.5 Å². The number of fused-ring (bicyclic) bond motifs is 1. The molecule has 1 amide bonds. The van der Waals surface area contributed by atoms with Gasteiger partial charge in [0.2, 0.25) is 0 Å². The highest BCUT2D eigenvalue weighted by atomic mass is 32.2. The topological polar surface area (TPSA) is 74.7 Å². The number of carbonyl (C=O) groups is 1. The second-order valence-corrected chi connectivity index (χ2v) is 7.41. The molecule has 9 heteroatoms. The van der Waals surface area contributed by atoms with E-state index in [2.05, 4.69) is 0 Å². The molecule has 0 radical (unpaired) electrons. The van der Waals surface area contributed by atoms with E-state index >= 15 is 0 Å². The molecular formula is C13H14F3NO4S. The number of sulfone groups is 1. The highest BCUT2D eigenvalue weighted by Gasteiger charge is 2.38. The molecule has 0 unspecified atom stereocenters. The van der Waals surface area contributed by atoms with Crippen molar-refractivity contribution in [2.45, 2.75) is 24.8 Å². The maximum absolute atomic E-state index is 12.8. The zero-order chi connectivity index (χ0) is 16.7. The fraction of sp³-hybridized carbons (Fsp3) is 0.462. The Morgan fingerprint density at radius 1 is 1.41 bits per heavy atom. The van der Waals surface area contributed by atoms with Gasteiger partial charge in [0.1, 0.15) is 0 Å². The van der Waals surface area contributed by atoms with Gasteiger partial charge >= 0.3 is 12.3 Å². The molecule has 1 heterocycles. The van der Waals surface area contributed by atoms with Crippen LogP contribution in [0.3, 0.4) is 0 Å². The van der Waals surface area contributed by atoms with E-state index in [1.165, 1.54) is 6.92 Å². The molecule has 0 saturated heterocycles. The van der Waals surface area contributed by atoms with E-state index in [1.54, 1.807) is 0 Å². The Kier molecular flexibility index (Phi) is 4.12. The van der Waals surface area contributed by atoms with E-state index in [9.17, 15) is 26.4 Å². The van der Waals surface area contributed by atoms with E-state index in [-0.39, 0.29) is 30.0 Å². The molecule has 0 fully saturated rings. The average molecular weight is 337 g/mol. The van der Waals surface area contributed by atoms with Crippen LogP contribution in [0, 0.1) is 0 Å². The summed E-state index contributed by atoms with van der Waals surface area (Å²) in [5.41, 5.74) is -1.10. The third-order valence-corrected chi connectivity index (χ3v) is 5.84. The van der Waals surface area contributed by atoms with Gasteiger partial charge in [0, 0.05) is 12.3 Å². The molecule has 0 aliphatic carbocycles. The first-order valence-electron chi connectivity index (χ1n) is 6.51. The van der Waals surface area contributed by atoms with Crippen LogP contribution in [-0.2, 0) is 16.0 Å². The fourth-order valence-corrected chi connectivity index (χ4v) is 3.97. The highest BCUT2D eigenvalue weighted by Crippen LogP contribution is 2.42. The molecular weight excluding hydrogens is 323 g/mol. The van der Waals surface area contributed by atoms with Crippen molar-refractivity contribution in [2.75, 3.05) is 17.2 Å².